The summed E-state index contributed by atoms with van der Waals surface area (Å²) in [5, 5.41) is 6.59. The lowest BCUT2D eigenvalue weighted by Gasteiger charge is -2.10. The first-order valence-corrected chi connectivity index (χ1v) is 3.31. The third kappa shape index (κ3) is 0.754. The van der Waals surface area contributed by atoms with Crippen LogP contribution in [0.5, 0.6) is 0 Å². The van der Waals surface area contributed by atoms with Crippen LogP contribution in [0.25, 0.3) is 0 Å². The zero-order chi connectivity index (χ0) is 6.10. The molecule has 0 spiro atoms. The number of hydrogen-bond acceptors (Lipinski definition) is 2. The number of fused-ring (bicyclic) bond motifs is 1. The van der Waals surface area contributed by atoms with E-state index in [-0.39, 0.29) is 0 Å². The molecule has 0 saturated carbocycles. The summed E-state index contributed by atoms with van der Waals surface area (Å²) < 4.78 is 0. The van der Waals surface area contributed by atoms with E-state index < -0.39 is 0 Å². The molecular weight excluding hydrogens is 112 g/mol. The highest BCUT2D eigenvalue weighted by atomic mass is 15.2. The smallest absolute Gasteiger partial charge is 0.0656 e. The number of allylic oxidation sites excluding steroid dienone is 2. The van der Waals surface area contributed by atoms with E-state index in [1.54, 1.807) is 0 Å². The van der Waals surface area contributed by atoms with Crippen LogP contribution in [-0.4, -0.2) is 12.7 Å². The van der Waals surface area contributed by atoms with Crippen LogP contribution >= 0.6 is 0 Å². The highest BCUT2D eigenvalue weighted by Crippen LogP contribution is 2.12. The zero-order valence-corrected chi connectivity index (χ0v) is 5.22. The van der Waals surface area contributed by atoms with E-state index in [9.17, 15) is 0 Å². The van der Waals surface area contributed by atoms with Gasteiger partial charge in [-0.15, -0.1) is 0 Å². The summed E-state index contributed by atoms with van der Waals surface area (Å²) in [6.45, 7) is 0.929. The van der Waals surface area contributed by atoms with Gasteiger partial charge in [0.2, 0.25) is 0 Å². The van der Waals surface area contributed by atoms with Gasteiger partial charge in [-0.25, -0.2) is 0 Å². The fourth-order valence-electron chi connectivity index (χ4n) is 1.28. The molecule has 0 aromatic carbocycles. The first-order chi connectivity index (χ1) is 4.47. The van der Waals surface area contributed by atoms with Gasteiger partial charge in [0.25, 0.3) is 0 Å². The Hall–Kier alpha value is -0.760. The Bertz CT molecular complexity index is 170. The first-order valence-electron chi connectivity index (χ1n) is 3.31. The summed E-state index contributed by atoms with van der Waals surface area (Å²) >= 11 is 0. The average Bonchev–Trinajstić information content (AvgIpc) is 2.33. The van der Waals surface area contributed by atoms with Crippen molar-refractivity contribution in [2.24, 2.45) is 0 Å². The number of hydrogen-bond donors (Lipinski definition) is 2. The molecule has 0 radical (unpaired) electrons. The Morgan fingerprint density at radius 3 is 3.44 bits per heavy atom. The molecule has 0 aromatic heterocycles. The number of nitrogens with one attached hydrogen (secondary N) is 2. The molecule has 1 aliphatic heterocycles. The van der Waals surface area contributed by atoms with Gasteiger partial charge in [0.1, 0.15) is 0 Å². The standard InChI is InChI=1S/C7H10N2/c1-2-4-7-6(3-1)8-5-9-7/h1-3,7-9H,4-5H2/t7-/m1/s1. The third-order valence-electron chi connectivity index (χ3n) is 1.80. The highest BCUT2D eigenvalue weighted by molar-refractivity contribution is 5.24. The lowest BCUT2D eigenvalue weighted by molar-refractivity contribution is 0.667. The molecule has 0 amide bonds. The predicted octanol–water partition coefficient (Wildman–Crippen LogP) is 0.349. The first kappa shape index (κ1) is 5.06. The zero-order valence-electron chi connectivity index (χ0n) is 5.22. The molecule has 9 heavy (non-hydrogen) atoms. The van der Waals surface area contributed by atoms with Crippen LogP contribution in [-0.2, 0) is 0 Å². The second-order valence-corrected chi connectivity index (χ2v) is 2.40. The van der Waals surface area contributed by atoms with Crippen molar-refractivity contribution in [1.82, 2.24) is 10.6 Å². The summed E-state index contributed by atoms with van der Waals surface area (Å²) in [6.07, 6.45) is 7.56. The minimum absolute atomic E-state index is 0.579. The van der Waals surface area contributed by atoms with Gasteiger partial charge in [0.15, 0.2) is 0 Å². The van der Waals surface area contributed by atoms with Crippen molar-refractivity contribution in [1.29, 1.82) is 0 Å². The van der Waals surface area contributed by atoms with E-state index in [2.05, 4.69) is 28.9 Å². The van der Waals surface area contributed by atoms with Gasteiger partial charge >= 0.3 is 0 Å². The van der Waals surface area contributed by atoms with Crippen LogP contribution in [0.15, 0.2) is 23.9 Å². The van der Waals surface area contributed by atoms with Gasteiger partial charge < -0.3 is 5.32 Å². The van der Waals surface area contributed by atoms with Crippen LogP contribution in [0.1, 0.15) is 6.42 Å². The van der Waals surface area contributed by atoms with Gasteiger partial charge in [-0.3, -0.25) is 5.32 Å². The molecule has 2 aliphatic rings. The molecule has 0 bridgehead atoms. The van der Waals surface area contributed by atoms with Crippen molar-refractivity contribution in [3.63, 3.8) is 0 Å². The predicted molar refractivity (Wildman–Crippen MR) is 36.8 cm³/mol. The van der Waals surface area contributed by atoms with Crippen molar-refractivity contribution in [2.45, 2.75) is 12.5 Å². The second kappa shape index (κ2) is 1.88. The van der Waals surface area contributed by atoms with Crippen LogP contribution in [0.2, 0.25) is 0 Å². The second-order valence-electron chi connectivity index (χ2n) is 2.40. The normalized spacial score (nSPS) is 31.1. The van der Waals surface area contributed by atoms with E-state index in [0.717, 1.165) is 13.1 Å². The van der Waals surface area contributed by atoms with Crippen LogP contribution in [0.4, 0.5) is 0 Å². The number of rotatable bonds is 0. The van der Waals surface area contributed by atoms with E-state index in [1.807, 2.05) is 0 Å². The molecule has 2 rings (SSSR count). The molecule has 0 unspecified atom stereocenters. The van der Waals surface area contributed by atoms with Gasteiger partial charge in [-0.2, -0.15) is 0 Å². The Kier molecular flexibility index (Phi) is 1.06. The van der Waals surface area contributed by atoms with Crippen molar-refractivity contribution < 1.29 is 0 Å². The molecule has 2 nitrogen and oxygen atoms in total. The molecule has 2 N–H and O–H groups in total. The summed E-state index contributed by atoms with van der Waals surface area (Å²) in [6, 6.07) is 0.579. The quantitative estimate of drug-likeness (QED) is 0.484. The van der Waals surface area contributed by atoms with Crippen molar-refractivity contribution in [3.05, 3.63) is 23.9 Å². The largest absolute Gasteiger partial charge is 0.374 e. The molecule has 2 heteroatoms. The van der Waals surface area contributed by atoms with Crippen molar-refractivity contribution >= 4 is 0 Å². The van der Waals surface area contributed by atoms with E-state index in [0.29, 0.717) is 6.04 Å². The minimum Gasteiger partial charge on any atom is -0.374 e. The van der Waals surface area contributed by atoms with Crippen LogP contribution in [0, 0.1) is 0 Å². The average molecular weight is 122 g/mol. The molecule has 1 fully saturated rings. The van der Waals surface area contributed by atoms with E-state index in [4.69, 9.17) is 0 Å². The Morgan fingerprint density at radius 2 is 2.56 bits per heavy atom. The molecule has 1 saturated heterocycles. The molecule has 1 aliphatic carbocycles. The fraction of sp³-hybridized carbons (Fsp3) is 0.429. The summed E-state index contributed by atoms with van der Waals surface area (Å²) in [5.74, 6) is 0. The monoisotopic (exact) mass is 122 g/mol. The Balaban J connectivity index is 2.23. The molecule has 1 heterocycles. The van der Waals surface area contributed by atoms with Gasteiger partial charge in [0.05, 0.1) is 12.7 Å². The summed E-state index contributed by atoms with van der Waals surface area (Å²) in [4.78, 5) is 0. The Morgan fingerprint density at radius 1 is 1.56 bits per heavy atom. The van der Waals surface area contributed by atoms with Gasteiger partial charge in [0, 0.05) is 5.70 Å². The highest BCUT2D eigenvalue weighted by Gasteiger charge is 2.18. The van der Waals surface area contributed by atoms with Crippen LogP contribution < -0.4 is 10.6 Å². The van der Waals surface area contributed by atoms with E-state index in [1.165, 1.54) is 5.70 Å². The van der Waals surface area contributed by atoms with Crippen molar-refractivity contribution in [2.75, 3.05) is 6.67 Å². The SMILES string of the molecule is C1=CC[C@H]2NCNC2=C1. The fourth-order valence-corrected chi connectivity index (χ4v) is 1.28. The maximum absolute atomic E-state index is 3.33. The third-order valence-corrected chi connectivity index (χ3v) is 1.80. The Labute approximate surface area is 54.6 Å². The van der Waals surface area contributed by atoms with E-state index >= 15 is 0 Å². The topological polar surface area (TPSA) is 24.1 Å². The van der Waals surface area contributed by atoms with Crippen molar-refractivity contribution in [3.8, 4) is 0 Å². The lowest BCUT2D eigenvalue weighted by atomic mass is 10.1. The summed E-state index contributed by atoms with van der Waals surface area (Å²) in [7, 11) is 0. The minimum atomic E-state index is 0.579. The molecule has 48 valence electrons. The van der Waals surface area contributed by atoms with Gasteiger partial charge in [-0.05, 0) is 12.5 Å². The van der Waals surface area contributed by atoms with Gasteiger partial charge in [-0.1, -0.05) is 12.2 Å². The van der Waals surface area contributed by atoms with Crippen LogP contribution in [0.3, 0.4) is 0 Å². The molecule has 0 aromatic rings. The lowest BCUT2D eigenvalue weighted by Crippen LogP contribution is -2.22. The summed E-state index contributed by atoms with van der Waals surface area (Å²) in [5.41, 5.74) is 1.34. The molecule has 1 atom stereocenters. The molecular formula is C7H10N2. The maximum atomic E-state index is 3.33. The maximum Gasteiger partial charge on any atom is 0.0656 e.